The molecule has 0 radical (unpaired) electrons. The molecule has 0 amide bonds. The van der Waals surface area contributed by atoms with Crippen LogP contribution in [0.1, 0.15) is 54.1 Å². The Labute approximate surface area is 153 Å². The van der Waals surface area contributed by atoms with Crippen LogP contribution in [0.5, 0.6) is 0 Å². The van der Waals surface area contributed by atoms with E-state index in [9.17, 15) is 9.59 Å². The van der Waals surface area contributed by atoms with Gasteiger partial charge in [-0.15, -0.1) is 0 Å². The normalized spacial score (nSPS) is 12.8. The van der Waals surface area contributed by atoms with Gasteiger partial charge in [-0.25, -0.2) is 4.79 Å². The Hall–Kier alpha value is -2.88. The van der Waals surface area contributed by atoms with Crippen molar-refractivity contribution in [1.29, 1.82) is 0 Å². The third kappa shape index (κ3) is 3.69. The number of benzene rings is 2. The van der Waals surface area contributed by atoms with Crippen LogP contribution < -0.4 is 0 Å². The van der Waals surface area contributed by atoms with Gasteiger partial charge in [-0.1, -0.05) is 63.2 Å². The summed E-state index contributed by atoms with van der Waals surface area (Å²) in [5.74, 6) is -0.747. The second kappa shape index (κ2) is 6.79. The number of rotatable bonds is 4. The van der Waals surface area contributed by atoms with Gasteiger partial charge in [0.15, 0.2) is 6.10 Å². The van der Waals surface area contributed by atoms with Crippen molar-refractivity contribution in [2.75, 3.05) is 0 Å². The van der Waals surface area contributed by atoms with Gasteiger partial charge in [0, 0.05) is 16.5 Å². The molecule has 0 aliphatic carbocycles. The molecule has 3 aromatic rings. The minimum absolute atomic E-state index is 0.0231. The summed E-state index contributed by atoms with van der Waals surface area (Å²) in [4.78, 5) is 27.9. The highest BCUT2D eigenvalue weighted by molar-refractivity contribution is 6.02. The Bertz CT molecular complexity index is 912. The number of carbonyl (C=O) groups is 2. The van der Waals surface area contributed by atoms with Crippen molar-refractivity contribution in [3.05, 3.63) is 71.4 Å². The summed E-state index contributed by atoms with van der Waals surface area (Å²) < 4.78 is 5.36. The number of ketones is 1. The van der Waals surface area contributed by atoms with E-state index in [4.69, 9.17) is 4.74 Å². The van der Waals surface area contributed by atoms with Gasteiger partial charge in [-0.05, 0) is 30.0 Å². The van der Waals surface area contributed by atoms with E-state index in [1.165, 1.54) is 0 Å². The number of ether oxygens (including phenoxy) is 1. The monoisotopic (exact) mass is 349 g/mol. The number of fused-ring (bicyclic) bond motifs is 1. The first-order valence-corrected chi connectivity index (χ1v) is 8.69. The number of para-hydroxylation sites is 1. The van der Waals surface area contributed by atoms with Crippen LogP contribution >= 0.6 is 0 Å². The fourth-order valence-electron chi connectivity index (χ4n) is 2.83. The predicted octanol–water partition coefficient (Wildman–Crippen LogP) is 4.89. The third-order valence-electron chi connectivity index (χ3n) is 4.44. The van der Waals surface area contributed by atoms with Crippen LogP contribution in [0.4, 0.5) is 0 Å². The fraction of sp³-hybridized carbons (Fsp3) is 0.273. The van der Waals surface area contributed by atoms with Gasteiger partial charge in [0.25, 0.3) is 0 Å². The average molecular weight is 349 g/mol. The molecule has 4 nitrogen and oxygen atoms in total. The maximum atomic E-state index is 12.6. The lowest BCUT2D eigenvalue weighted by Crippen LogP contribution is -2.24. The van der Waals surface area contributed by atoms with Crippen molar-refractivity contribution >= 4 is 22.7 Å². The Morgan fingerprint density at radius 1 is 1.00 bits per heavy atom. The zero-order valence-corrected chi connectivity index (χ0v) is 15.5. The van der Waals surface area contributed by atoms with Crippen molar-refractivity contribution in [3.8, 4) is 0 Å². The van der Waals surface area contributed by atoms with Crippen molar-refractivity contribution in [2.45, 2.75) is 39.2 Å². The highest BCUT2D eigenvalue weighted by Crippen LogP contribution is 2.23. The lowest BCUT2D eigenvalue weighted by Gasteiger charge is -2.19. The summed E-state index contributed by atoms with van der Waals surface area (Å²) in [5, 5.41) is 0.927. The number of aromatic nitrogens is 1. The fourth-order valence-corrected chi connectivity index (χ4v) is 2.83. The molecule has 1 N–H and O–H groups in total. The Kier molecular flexibility index (Phi) is 4.68. The summed E-state index contributed by atoms with van der Waals surface area (Å²) in [6.45, 7) is 7.96. The Morgan fingerprint density at radius 3 is 2.27 bits per heavy atom. The molecule has 0 bridgehead atoms. The van der Waals surface area contributed by atoms with Gasteiger partial charge < -0.3 is 9.72 Å². The smallest absolute Gasteiger partial charge is 0.355 e. The molecule has 26 heavy (non-hydrogen) atoms. The SMILES string of the molecule is C[C@@H](OC(=O)c1cc2ccccc2[nH]1)C(=O)c1ccc(C(C)(C)C)cc1. The highest BCUT2D eigenvalue weighted by Gasteiger charge is 2.22. The van der Waals surface area contributed by atoms with Crippen molar-refractivity contribution in [1.82, 2.24) is 4.98 Å². The molecular formula is C22H23NO3. The molecule has 2 aromatic carbocycles. The summed E-state index contributed by atoms with van der Waals surface area (Å²) in [5.41, 5.74) is 2.91. The number of carbonyl (C=O) groups excluding carboxylic acids is 2. The minimum atomic E-state index is -0.852. The zero-order valence-electron chi connectivity index (χ0n) is 15.5. The van der Waals surface area contributed by atoms with E-state index in [0.29, 0.717) is 11.3 Å². The van der Waals surface area contributed by atoms with Crippen LogP contribution in [0.2, 0.25) is 0 Å². The summed E-state index contributed by atoms with van der Waals surface area (Å²) in [6.07, 6.45) is -0.852. The van der Waals surface area contributed by atoms with Crippen LogP contribution in [-0.4, -0.2) is 22.8 Å². The number of Topliss-reactive ketones (excluding diaryl/α,β-unsaturated/α-hetero) is 1. The minimum Gasteiger partial charge on any atom is -0.450 e. The van der Waals surface area contributed by atoms with E-state index < -0.39 is 12.1 Å². The number of nitrogens with one attached hydrogen (secondary N) is 1. The van der Waals surface area contributed by atoms with Gasteiger partial charge in [-0.2, -0.15) is 0 Å². The number of H-pyrrole nitrogens is 1. The van der Waals surface area contributed by atoms with E-state index in [1.807, 2.05) is 36.4 Å². The van der Waals surface area contributed by atoms with Crippen LogP contribution in [-0.2, 0) is 10.2 Å². The van der Waals surface area contributed by atoms with Gasteiger partial charge in [0.2, 0.25) is 5.78 Å². The van der Waals surface area contributed by atoms with Crippen LogP contribution in [0.3, 0.4) is 0 Å². The van der Waals surface area contributed by atoms with E-state index >= 15 is 0 Å². The number of hydrogen-bond acceptors (Lipinski definition) is 3. The number of hydrogen-bond donors (Lipinski definition) is 1. The number of aromatic amines is 1. The first kappa shape index (κ1) is 17.9. The molecule has 0 aliphatic heterocycles. The lowest BCUT2D eigenvalue weighted by atomic mass is 9.86. The molecular weight excluding hydrogens is 326 g/mol. The molecule has 1 aromatic heterocycles. The molecule has 1 heterocycles. The molecule has 0 fully saturated rings. The summed E-state index contributed by atoms with van der Waals surface area (Å²) >= 11 is 0. The largest absolute Gasteiger partial charge is 0.450 e. The molecule has 0 saturated heterocycles. The predicted molar refractivity (Wildman–Crippen MR) is 103 cm³/mol. The zero-order chi connectivity index (χ0) is 18.9. The van der Waals surface area contributed by atoms with Gasteiger partial charge in [0.05, 0.1) is 0 Å². The van der Waals surface area contributed by atoms with E-state index in [-0.39, 0.29) is 11.2 Å². The van der Waals surface area contributed by atoms with Crippen LogP contribution in [0.25, 0.3) is 10.9 Å². The topological polar surface area (TPSA) is 59.2 Å². The first-order valence-electron chi connectivity index (χ1n) is 8.69. The maximum Gasteiger partial charge on any atom is 0.355 e. The second-order valence-corrected chi connectivity index (χ2v) is 7.51. The van der Waals surface area contributed by atoms with Crippen molar-refractivity contribution in [3.63, 3.8) is 0 Å². The van der Waals surface area contributed by atoms with Crippen molar-refractivity contribution < 1.29 is 14.3 Å². The molecule has 0 aliphatic rings. The summed E-state index contributed by atoms with van der Waals surface area (Å²) in [6, 6.07) is 16.8. The lowest BCUT2D eigenvalue weighted by molar-refractivity contribution is 0.0314. The Balaban J connectivity index is 1.71. The molecule has 3 rings (SSSR count). The molecule has 134 valence electrons. The van der Waals surface area contributed by atoms with E-state index in [1.54, 1.807) is 25.1 Å². The molecule has 4 heteroatoms. The number of esters is 1. The molecule has 0 unspecified atom stereocenters. The molecule has 0 saturated carbocycles. The van der Waals surface area contributed by atoms with Crippen molar-refractivity contribution in [2.24, 2.45) is 0 Å². The summed E-state index contributed by atoms with van der Waals surface area (Å²) in [7, 11) is 0. The average Bonchev–Trinajstić information content (AvgIpc) is 3.04. The quantitative estimate of drug-likeness (QED) is 0.539. The van der Waals surface area contributed by atoms with E-state index in [2.05, 4.69) is 25.8 Å². The second-order valence-electron chi connectivity index (χ2n) is 7.51. The first-order chi connectivity index (χ1) is 12.3. The van der Waals surface area contributed by atoms with E-state index in [0.717, 1.165) is 16.5 Å². The third-order valence-corrected chi connectivity index (χ3v) is 4.44. The molecule has 0 spiro atoms. The highest BCUT2D eigenvalue weighted by atomic mass is 16.5. The standard InChI is InChI=1S/C22H23NO3/c1-14(20(24)15-9-11-17(12-10-15)22(2,3)4)26-21(25)19-13-16-7-5-6-8-18(16)23-19/h5-14,23H,1-4H3/t14-/m1/s1. The van der Waals surface area contributed by atoms with Gasteiger partial charge >= 0.3 is 5.97 Å². The van der Waals surface area contributed by atoms with Gasteiger partial charge in [-0.3, -0.25) is 4.79 Å². The maximum absolute atomic E-state index is 12.6. The van der Waals surface area contributed by atoms with Crippen LogP contribution in [0.15, 0.2) is 54.6 Å². The van der Waals surface area contributed by atoms with Crippen LogP contribution in [0, 0.1) is 0 Å². The molecule has 1 atom stereocenters. The Morgan fingerprint density at radius 2 is 1.65 bits per heavy atom. The van der Waals surface area contributed by atoms with Gasteiger partial charge in [0.1, 0.15) is 5.69 Å².